The van der Waals surface area contributed by atoms with Crippen LogP contribution in [0.25, 0.3) is 11.4 Å². The molecule has 20 heavy (non-hydrogen) atoms. The lowest BCUT2D eigenvalue weighted by atomic mass is 10.2. The van der Waals surface area contributed by atoms with Crippen molar-refractivity contribution < 1.29 is 4.39 Å². The van der Waals surface area contributed by atoms with E-state index in [-0.39, 0.29) is 5.82 Å². The van der Waals surface area contributed by atoms with E-state index >= 15 is 0 Å². The minimum absolute atomic E-state index is 0.302. The number of nitrogens with zero attached hydrogens (tertiary/aromatic N) is 2. The lowest BCUT2D eigenvalue weighted by molar-refractivity contribution is 0.621. The lowest BCUT2D eigenvalue weighted by Crippen LogP contribution is -2.04. The van der Waals surface area contributed by atoms with E-state index in [0.717, 1.165) is 15.1 Å². The standard InChI is InChI=1S/C14H12BrFIN3/c1-18-14-11(17)12(7-2-3-7)19-13(20-14)8-4-5-9(15)10(16)6-8/h4-7H,2-3H2,1H3,(H,18,19,20). The molecule has 0 amide bonds. The monoisotopic (exact) mass is 447 g/mol. The molecular formula is C14H12BrFIN3. The van der Waals surface area contributed by atoms with Gasteiger partial charge in [0.2, 0.25) is 0 Å². The highest BCUT2D eigenvalue weighted by molar-refractivity contribution is 14.1. The summed E-state index contributed by atoms with van der Waals surface area (Å²) in [6.07, 6.45) is 2.34. The third-order valence-electron chi connectivity index (χ3n) is 3.26. The van der Waals surface area contributed by atoms with Crippen LogP contribution in [-0.2, 0) is 0 Å². The molecule has 0 spiro atoms. The number of benzene rings is 1. The summed E-state index contributed by atoms with van der Waals surface area (Å²) in [5.74, 6) is 1.60. The first kappa shape index (κ1) is 14.2. The molecule has 0 bridgehead atoms. The number of hydrogen-bond acceptors (Lipinski definition) is 3. The van der Waals surface area contributed by atoms with Crippen LogP contribution < -0.4 is 5.32 Å². The molecule has 1 fully saturated rings. The van der Waals surface area contributed by atoms with Crippen molar-refractivity contribution in [3.63, 3.8) is 0 Å². The first-order valence-electron chi connectivity index (χ1n) is 6.30. The Labute approximate surface area is 138 Å². The number of rotatable bonds is 3. The normalized spacial score (nSPS) is 14.4. The summed E-state index contributed by atoms with van der Waals surface area (Å²) in [4.78, 5) is 9.13. The zero-order chi connectivity index (χ0) is 14.3. The molecule has 1 saturated carbocycles. The predicted octanol–water partition coefficient (Wildman–Crippen LogP) is 4.57. The molecule has 2 aromatic rings. The van der Waals surface area contributed by atoms with Crippen molar-refractivity contribution in [2.45, 2.75) is 18.8 Å². The number of anilines is 1. The second-order valence-electron chi connectivity index (χ2n) is 4.75. The Balaban J connectivity index is 2.12. The van der Waals surface area contributed by atoms with Crippen LogP contribution >= 0.6 is 38.5 Å². The highest BCUT2D eigenvalue weighted by atomic mass is 127. The van der Waals surface area contributed by atoms with Crippen molar-refractivity contribution in [1.29, 1.82) is 0 Å². The van der Waals surface area contributed by atoms with Crippen LogP contribution in [0.2, 0.25) is 0 Å². The van der Waals surface area contributed by atoms with E-state index in [1.807, 2.05) is 13.1 Å². The Bertz CT molecular complexity index is 674. The lowest BCUT2D eigenvalue weighted by Gasteiger charge is -2.11. The molecule has 1 aromatic carbocycles. The SMILES string of the molecule is CNc1nc(-c2ccc(Br)c(F)c2)nc(C2CC2)c1I. The Kier molecular flexibility index (Phi) is 3.94. The van der Waals surface area contributed by atoms with Crippen molar-refractivity contribution >= 4 is 44.3 Å². The zero-order valence-electron chi connectivity index (χ0n) is 10.8. The Morgan fingerprint density at radius 2 is 2.10 bits per heavy atom. The van der Waals surface area contributed by atoms with E-state index in [1.54, 1.807) is 6.07 Å². The van der Waals surface area contributed by atoms with E-state index in [1.165, 1.54) is 18.9 Å². The molecule has 0 unspecified atom stereocenters. The third-order valence-corrected chi connectivity index (χ3v) is 4.96. The van der Waals surface area contributed by atoms with E-state index in [0.29, 0.717) is 21.8 Å². The van der Waals surface area contributed by atoms with Gasteiger partial charge >= 0.3 is 0 Å². The van der Waals surface area contributed by atoms with Gasteiger partial charge in [0.1, 0.15) is 11.6 Å². The Hall–Kier alpha value is -0.760. The Morgan fingerprint density at radius 3 is 2.70 bits per heavy atom. The van der Waals surface area contributed by atoms with Gasteiger partial charge in [-0.3, -0.25) is 0 Å². The molecule has 0 atom stereocenters. The van der Waals surface area contributed by atoms with Gasteiger partial charge in [-0.2, -0.15) is 0 Å². The van der Waals surface area contributed by atoms with E-state index in [4.69, 9.17) is 0 Å². The zero-order valence-corrected chi connectivity index (χ0v) is 14.5. The molecular weight excluding hydrogens is 436 g/mol. The van der Waals surface area contributed by atoms with Gasteiger partial charge < -0.3 is 5.32 Å². The molecule has 1 aliphatic carbocycles. The molecule has 0 radical (unpaired) electrons. The van der Waals surface area contributed by atoms with E-state index < -0.39 is 0 Å². The van der Waals surface area contributed by atoms with Crippen LogP contribution in [0.4, 0.5) is 10.2 Å². The van der Waals surface area contributed by atoms with Crippen molar-refractivity contribution in [2.24, 2.45) is 0 Å². The van der Waals surface area contributed by atoms with Crippen LogP contribution in [0, 0.1) is 9.39 Å². The maximum atomic E-state index is 13.7. The van der Waals surface area contributed by atoms with Crippen molar-refractivity contribution in [1.82, 2.24) is 9.97 Å². The van der Waals surface area contributed by atoms with Gasteiger partial charge in [0.05, 0.1) is 13.7 Å². The van der Waals surface area contributed by atoms with E-state index in [2.05, 4.69) is 53.8 Å². The Morgan fingerprint density at radius 1 is 1.35 bits per heavy atom. The van der Waals surface area contributed by atoms with Gasteiger partial charge in [0, 0.05) is 18.5 Å². The highest BCUT2D eigenvalue weighted by Gasteiger charge is 2.29. The summed E-state index contributed by atoms with van der Waals surface area (Å²) in [5.41, 5.74) is 1.77. The molecule has 3 rings (SSSR count). The first-order chi connectivity index (χ1) is 9.60. The molecule has 1 heterocycles. The predicted molar refractivity (Wildman–Crippen MR) is 89.4 cm³/mol. The van der Waals surface area contributed by atoms with Gasteiger partial charge in [0.25, 0.3) is 0 Å². The van der Waals surface area contributed by atoms with Crippen LogP contribution in [0.1, 0.15) is 24.5 Å². The summed E-state index contributed by atoms with van der Waals surface area (Å²) in [6.45, 7) is 0. The molecule has 0 aliphatic heterocycles. The van der Waals surface area contributed by atoms with Crippen LogP contribution in [0.5, 0.6) is 0 Å². The molecule has 3 nitrogen and oxygen atoms in total. The largest absolute Gasteiger partial charge is 0.372 e. The number of aromatic nitrogens is 2. The quantitative estimate of drug-likeness (QED) is 0.700. The van der Waals surface area contributed by atoms with Crippen molar-refractivity contribution in [3.8, 4) is 11.4 Å². The van der Waals surface area contributed by atoms with E-state index in [9.17, 15) is 4.39 Å². The smallest absolute Gasteiger partial charge is 0.161 e. The fraction of sp³-hybridized carbons (Fsp3) is 0.286. The minimum atomic E-state index is -0.302. The fourth-order valence-corrected chi connectivity index (χ4v) is 3.22. The van der Waals surface area contributed by atoms with Crippen LogP contribution in [0.3, 0.4) is 0 Å². The summed E-state index contributed by atoms with van der Waals surface area (Å²) in [7, 11) is 1.84. The topological polar surface area (TPSA) is 37.8 Å². The number of halogens is 3. The van der Waals surface area contributed by atoms with Crippen molar-refractivity contribution in [3.05, 3.63) is 37.8 Å². The van der Waals surface area contributed by atoms with Crippen LogP contribution in [-0.4, -0.2) is 17.0 Å². The summed E-state index contributed by atoms with van der Waals surface area (Å²) in [6, 6.07) is 4.97. The summed E-state index contributed by atoms with van der Waals surface area (Å²) >= 11 is 5.44. The molecule has 0 saturated heterocycles. The van der Waals surface area contributed by atoms with Crippen LogP contribution in [0.15, 0.2) is 22.7 Å². The maximum absolute atomic E-state index is 13.7. The number of nitrogens with one attached hydrogen (secondary N) is 1. The molecule has 1 aromatic heterocycles. The maximum Gasteiger partial charge on any atom is 0.161 e. The highest BCUT2D eigenvalue weighted by Crippen LogP contribution is 2.42. The third kappa shape index (κ3) is 2.67. The van der Waals surface area contributed by atoms with Gasteiger partial charge in [-0.15, -0.1) is 0 Å². The van der Waals surface area contributed by atoms with Gasteiger partial charge in [-0.25, -0.2) is 14.4 Å². The first-order valence-corrected chi connectivity index (χ1v) is 8.18. The average Bonchev–Trinajstić information content (AvgIpc) is 3.27. The second kappa shape index (κ2) is 5.55. The van der Waals surface area contributed by atoms with Gasteiger partial charge in [-0.05, 0) is 69.6 Å². The number of hydrogen-bond donors (Lipinski definition) is 1. The molecule has 1 N–H and O–H groups in total. The van der Waals surface area contributed by atoms with Crippen molar-refractivity contribution in [2.75, 3.05) is 12.4 Å². The second-order valence-corrected chi connectivity index (χ2v) is 6.68. The molecule has 104 valence electrons. The minimum Gasteiger partial charge on any atom is -0.372 e. The average molecular weight is 448 g/mol. The fourth-order valence-electron chi connectivity index (χ4n) is 2.02. The van der Waals surface area contributed by atoms with Gasteiger partial charge in [0.15, 0.2) is 5.82 Å². The molecule has 6 heteroatoms. The summed E-state index contributed by atoms with van der Waals surface area (Å²) < 4.78 is 15.2. The summed E-state index contributed by atoms with van der Waals surface area (Å²) in [5, 5.41) is 3.09. The van der Waals surface area contributed by atoms with Gasteiger partial charge in [-0.1, -0.05) is 0 Å². The molecule has 1 aliphatic rings.